The van der Waals surface area contributed by atoms with E-state index < -0.39 is 5.97 Å². The van der Waals surface area contributed by atoms with Crippen molar-refractivity contribution in [2.75, 3.05) is 37.6 Å². The predicted octanol–water partition coefficient (Wildman–Crippen LogP) is 4.17. The van der Waals surface area contributed by atoms with Crippen molar-refractivity contribution in [1.82, 2.24) is 10.2 Å². The van der Waals surface area contributed by atoms with Gasteiger partial charge in [-0.15, -0.1) is 5.10 Å². The molecule has 3 aromatic rings. The minimum atomic E-state index is -0.514. The Bertz CT molecular complexity index is 1160. The number of hydrogen-bond donors (Lipinski definition) is 2. The van der Waals surface area contributed by atoms with E-state index in [4.69, 9.17) is 26.4 Å². The largest absolute Gasteiger partial charge is 0.497 e. The van der Waals surface area contributed by atoms with Crippen molar-refractivity contribution in [2.45, 2.75) is 6.92 Å². The molecule has 11 heteroatoms. The molecular formula is C21H22N4O5S2. The Morgan fingerprint density at radius 2 is 1.97 bits per heavy atom. The molecule has 0 spiro atoms. The first-order valence-electron chi connectivity index (χ1n) is 9.57. The average Bonchev–Trinajstić information content (AvgIpc) is 3.23. The Labute approximate surface area is 193 Å². The van der Waals surface area contributed by atoms with Crippen LogP contribution < -0.4 is 19.7 Å². The third-order valence-electron chi connectivity index (χ3n) is 4.33. The van der Waals surface area contributed by atoms with E-state index in [2.05, 4.69) is 15.5 Å². The van der Waals surface area contributed by atoms with Crippen LogP contribution in [-0.2, 0) is 9.53 Å². The summed E-state index contributed by atoms with van der Waals surface area (Å²) in [6.45, 7) is 1.82. The van der Waals surface area contributed by atoms with Gasteiger partial charge in [0.2, 0.25) is 11.0 Å². The van der Waals surface area contributed by atoms with Crippen LogP contribution in [0.5, 0.6) is 11.5 Å². The lowest BCUT2D eigenvalue weighted by Crippen LogP contribution is -2.30. The quantitative estimate of drug-likeness (QED) is 0.352. The number of para-hydroxylation sites is 1. The summed E-state index contributed by atoms with van der Waals surface area (Å²) in [5, 5.41) is 10.2. The van der Waals surface area contributed by atoms with Crippen molar-refractivity contribution >= 4 is 51.9 Å². The lowest BCUT2D eigenvalue weighted by molar-refractivity contribution is -0.114. The molecule has 2 N–H and O–H groups in total. The summed E-state index contributed by atoms with van der Waals surface area (Å²) >= 11 is 6.38. The summed E-state index contributed by atoms with van der Waals surface area (Å²) in [4.78, 5) is 26.9. The van der Waals surface area contributed by atoms with Crippen LogP contribution in [0.2, 0.25) is 0 Å². The van der Waals surface area contributed by atoms with E-state index in [1.165, 1.54) is 18.4 Å². The van der Waals surface area contributed by atoms with Crippen LogP contribution in [0.15, 0.2) is 42.5 Å². The third-order valence-corrected chi connectivity index (χ3v) is 5.44. The van der Waals surface area contributed by atoms with Gasteiger partial charge in [-0.1, -0.05) is 23.5 Å². The number of esters is 1. The first kappa shape index (κ1) is 23.2. The zero-order valence-corrected chi connectivity index (χ0v) is 19.3. The summed E-state index contributed by atoms with van der Waals surface area (Å²) < 4.78 is 16.3. The van der Waals surface area contributed by atoms with Gasteiger partial charge in [-0.3, -0.25) is 9.89 Å². The van der Waals surface area contributed by atoms with Gasteiger partial charge in [0.05, 0.1) is 37.8 Å². The number of aromatic amines is 1. The zero-order chi connectivity index (χ0) is 23.1. The van der Waals surface area contributed by atoms with Gasteiger partial charge in [-0.25, -0.2) is 4.79 Å². The Kier molecular flexibility index (Phi) is 7.79. The van der Waals surface area contributed by atoms with Crippen molar-refractivity contribution in [1.29, 1.82) is 0 Å². The van der Waals surface area contributed by atoms with Crippen molar-refractivity contribution in [2.24, 2.45) is 0 Å². The molecule has 0 aliphatic rings. The number of nitrogens with one attached hydrogen (secondary N) is 2. The first-order valence-corrected chi connectivity index (χ1v) is 10.8. The zero-order valence-electron chi connectivity index (χ0n) is 17.7. The molecule has 168 valence electrons. The van der Waals surface area contributed by atoms with Gasteiger partial charge < -0.3 is 24.4 Å². The fourth-order valence-electron chi connectivity index (χ4n) is 2.91. The Morgan fingerprint density at radius 1 is 1.19 bits per heavy atom. The molecule has 0 saturated carbocycles. The molecule has 0 atom stereocenters. The maximum absolute atomic E-state index is 13.0. The lowest BCUT2D eigenvalue weighted by atomic mass is 10.1. The second kappa shape index (κ2) is 10.7. The number of carbonyl (C=O) groups is 2. The van der Waals surface area contributed by atoms with Crippen LogP contribution in [0, 0.1) is 3.95 Å². The number of rotatable bonds is 9. The summed E-state index contributed by atoms with van der Waals surface area (Å²) in [6.07, 6.45) is 0. The molecule has 2 aromatic carbocycles. The van der Waals surface area contributed by atoms with E-state index in [1.54, 1.807) is 61.4 Å². The number of amides is 1. The standard InChI is InChI=1S/C21H22N4O5S2/c1-4-30-19(27)14-7-5-6-8-15(14)22-18(26)12-25(20-23-24-21(31)32-20)16-11-13(28-2)9-10-17(16)29-3/h5-11H,4,12H2,1-3H3,(H,22,26)(H,24,31). The predicted molar refractivity (Wildman–Crippen MR) is 125 cm³/mol. The van der Waals surface area contributed by atoms with Crippen LogP contribution in [0.4, 0.5) is 16.5 Å². The van der Waals surface area contributed by atoms with Gasteiger partial charge in [0, 0.05) is 6.07 Å². The van der Waals surface area contributed by atoms with Gasteiger partial charge in [0.15, 0.2) is 3.95 Å². The number of methoxy groups -OCH3 is 2. The average molecular weight is 475 g/mol. The Hall–Kier alpha value is -3.44. The number of ether oxygens (including phenoxy) is 3. The Morgan fingerprint density at radius 3 is 2.62 bits per heavy atom. The van der Waals surface area contributed by atoms with E-state index in [-0.39, 0.29) is 24.6 Å². The van der Waals surface area contributed by atoms with Crippen LogP contribution in [0.1, 0.15) is 17.3 Å². The molecule has 1 amide bonds. The molecule has 0 saturated heterocycles. The van der Waals surface area contributed by atoms with E-state index in [9.17, 15) is 9.59 Å². The van der Waals surface area contributed by atoms with Gasteiger partial charge in [-0.2, -0.15) is 0 Å². The monoisotopic (exact) mass is 474 g/mol. The van der Waals surface area contributed by atoms with Gasteiger partial charge in [-0.05, 0) is 43.4 Å². The molecule has 3 rings (SSSR count). The molecule has 0 unspecified atom stereocenters. The second-order valence-electron chi connectivity index (χ2n) is 6.33. The SMILES string of the molecule is CCOC(=O)c1ccccc1NC(=O)CN(c1n[nH]c(=S)s1)c1cc(OC)ccc1OC. The first-order chi connectivity index (χ1) is 15.5. The number of aromatic nitrogens is 2. The third kappa shape index (κ3) is 5.42. The highest BCUT2D eigenvalue weighted by molar-refractivity contribution is 7.73. The lowest BCUT2D eigenvalue weighted by Gasteiger charge is -2.23. The number of anilines is 3. The molecule has 0 bridgehead atoms. The van der Waals surface area contributed by atoms with Gasteiger partial charge in [0.25, 0.3) is 0 Å². The van der Waals surface area contributed by atoms with E-state index in [0.717, 1.165) is 0 Å². The number of H-pyrrole nitrogens is 1. The minimum absolute atomic E-state index is 0.128. The molecule has 1 aromatic heterocycles. The van der Waals surface area contributed by atoms with E-state index >= 15 is 0 Å². The van der Waals surface area contributed by atoms with Crippen LogP contribution >= 0.6 is 23.6 Å². The number of hydrogen-bond acceptors (Lipinski definition) is 9. The normalized spacial score (nSPS) is 10.3. The Balaban J connectivity index is 1.93. The highest BCUT2D eigenvalue weighted by atomic mass is 32.1. The van der Waals surface area contributed by atoms with Crippen LogP contribution in [-0.4, -0.2) is 49.4 Å². The smallest absolute Gasteiger partial charge is 0.340 e. The van der Waals surface area contributed by atoms with Crippen LogP contribution in [0.25, 0.3) is 0 Å². The molecule has 0 aliphatic heterocycles. The summed E-state index contributed by atoms with van der Waals surface area (Å²) in [5.74, 6) is 0.206. The molecule has 0 aliphatic carbocycles. The fourth-order valence-corrected chi connectivity index (χ4v) is 3.80. The number of carbonyl (C=O) groups excluding carboxylic acids is 2. The van der Waals surface area contributed by atoms with Gasteiger partial charge >= 0.3 is 5.97 Å². The summed E-state index contributed by atoms with van der Waals surface area (Å²) in [5.41, 5.74) is 1.19. The topological polar surface area (TPSA) is 106 Å². The van der Waals surface area contributed by atoms with E-state index in [1.807, 2.05) is 0 Å². The van der Waals surface area contributed by atoms with Crippen molar-refractivity contribution in [3.8, 4) is 11.5 Å². The van der Waals surface area contributed by atoms with Crippen molar-refractivity contribution in [3.05, 3.63) is 52.0 Å². The number of benzene rings is 2. The molecule has 9 nitrogen and oxygen atoms in total. The highest BCUT2D eigenvalue weighted by Crippen LogP contribution is 2.37. The van der Waals surface area contributed by atoms with Crippen molar-refractivity contribution < 1.29 is 23.8 Å². The molecule has 1 heterocycles. The second-order valence-corrected chi connectivity index (χ2v) is 7.98. The molecular weight excluding hydrogens is 452 g/mol. The molecule has 0 fully saturated rings. The number of nitrogens with zero attached hydrogens (tertiary/aromatic N) is 2. The summed E-state index contributed by atoms with van der Waals surface area (Å²) in [6, 6.07) is 11.9. The van der Waals surface area contributed by atoms with Crippen molar-refractivity contribution in [3.63, 3.8) is 0 Å². The maximum atomic E-state index is 13.0. The van der Waals surface area contributed by atoms with Gasteiger partial charge in [0.1, 0.15) is 18.0 Å². The van der Waals surface area contributed by atoms with Crippen LogP contribution in [0.3, 0.4) is 0 Å². The fraction of sp³-hybridized carbons (Fsp3) is 0.238. The maximum Gasteiger partial charge on any atom is 0.340 e. The molecule has 32 heavy (non-hydrogen) atoms. The van der Waals surface area contributed by atoms with E-state index in [0.29, 0.717) is 32.0 Å². The minimum Gasteiger partial charge on any atom is -0.497 e. The summed E-state index contributed by atoms with van der Waals surface area (Å²) in [7, 11) is 3.08. The highest BCUT2D eigenvalue weighted by Gasteiger charge is 2.22. The molecule has 0 radical (unpaired) electrons.